The minimum Gasteiger partial charge on any atom is -0.465 e. The molecule has 1 rings (SSSR count). The van der Waals surface area contributed by atoms with Gasteiger partial charge < -0.3 is 4.74 Å². The Hall–Kier alpha value is -1.30. The third-order valence-corrected chi connectivity index (χ3v) is 3.45. The van der Waals surface area contributed by atoms with Gasteiger partial charge in [-0.2, -0.15) is 0 Å². The number of amides is 1. The Balaban J connectivity index is 2.81. The quantitative estimate of drug-likeness (QED) is 0.470. The fourth-order valence-electron chi connectivity index (χ4n) is 1.62. The molecule has 116 valence electrons. The first-order valence-corrected chi connectivity index (χ1v) is 7.27. The molecular weight excluding hydrogens is 317 g/mol. The lowest BCUT2D eigenvalue weighted by atomic mass is 10.1. The SMILES string of the molecule is CCCCCONC(=O)c1c(Cl)ccc(C(=O)OC)c1Cl. The minimum absolute atomic E-state index is 0.0169. The molecule has 1 amide bonds. The van der Waals surface area contributed by atoms with Crippen LogP contribution in [0, 0.1) is 0 Å². The van der Waals surface area contributed by atoms with Gasteiger partial charge in [0.05, 0.1) is 34.9 Å². The Morgan fingerprint density at radius 3 is 2.57 bits per heavy atom. The number of methoxy groups -OCH3 is 1. The molecule has 0 aromatic heterocycles. The van der Waals surface area contributed by atoms with E-state index >= 15 is 0 Å². The molecule has 0 radical (unpaired) electrons. The van der Waals surface area contributed by atoms with E-state index < -0.39 is 11.9 Å². The van der Waals surface area contributed by atoms with Crippen LogP contribution in [0.2, 0.25) is 10.0 Å². The Bertz CT molecular complexity index is 520. The van der Waals surface area contributed by atoms with Crippen molar-refractivity contribution in [2.45, 2.75) is 26.2 Å². The maximum absolute atomic E-state index is 12.0. The van der Waals surface area contributed by atoms with Gasteiger partial charge >= 0.3 is 5.97 Å². The summed E-state index contributed by atoms with van der Waals surface area (Å²) in [6.45, 7) is 2.46. The summed E-state index contributed by atoms with van der Waals surface area (Å²) < 4.78 is 4.59. The normalized spacial score (nSPS) is 10.3. The topological polar surface area (TPSA) is 64.6 Å². The lowest BCUT2D eigenvalue weighted by Gasteiger charge is -2.11. The molecule has 0 aliphatic heterocycles. The van der Waals surface area contributed by atoms with Gasteiger partial charge in [0.2, 0.25) is 0 Å². The second-order valence-corrected chi connectivity index (χ2v) is 5.05. The van der Waals surface area contributed by atoms with Crippen molar-refractivity contribution in [3.63, 3.8) is 0 Å². The van der Waals surface area contributed by atoms with Crippen LogP contribution in [-0.4, -0.2) is 25.6 Å². The fraction of sp³-hybridized carbons (Fsp3) is 0.429. The Kier molecular flexibility index (Phi) is 7.50. The number of carbonyl (C=O) groups excluding carboxylic acids is 2. The van der Waals surface area contributed by atoms with Crippen molar-refractivity contribution in [1.82, 2.24) is 5.48 Å². The molecule has 1 aromatic rings. The van der Waals surface area contributed by atoms with Crippen LogP contribution in [0.25, 0.3) is 0 Å². The zero-order valence-corrected chi connectivity index (χ0v) is 13.4. The number of hydrogen-bond acceptors (Lipinski definition) is 4. The van der Waals surface area contributed by atoms with Crippen LogP contribution >= 0.6 is 23.2 Å². The van der Waals surface area contributed by atoms with Crippen molar-refractivity contribution < 1.29 is 19.2 Å². The number of benzene rings is 1. The molecule has 0 saturated heterocycles. The van der Waals surface area contributed by atoms with Gasteiger partial charge in [-0.05, 0) is 18.6 Å². The second kappa shape index (κ2) is 8.87. The molecule has 0 aliphatic carbocycles. The van der Waals surface area contributed by atoms with Crippen molar-refractivity contribution in [3.8, 4) is 0 Å². The van der Waals surface area contributed by atoms with E-state index in [4.69, 9.17) is 28.0 Å². The van der Waals surface area contributed by atoms with Crippen molar-refractivity contribution in [1.29, 1.82) is 0 Å². The number of hydrogen-bond donors (Lipinski definition) is 1. The van der Waals surface area contributed by atoms with Gasteiger partial charge in [-0.25, -0.2) is 10.3 Å². The van der Waals surface area contributed by atoms with E-state index in [1.54, 1.807) is 0 Å². The van der Waals surface area contributed by atoms with Crippen LogP contribution in [0.1, 0.15) is 46.9 Å². The molecule has 5 nitrogen and oxygen atoms in total. The third kappa shape index (κ3) is 4.88. The van der Waals surface area contributed by atoms with Crippen molar-refractivity contribution in [2.24, 2.45) is 0 Å². The number of carbonyl (C=O) groups is 2. The van der Waals surface area contributed by atoms with E-state index in [1.807, 2.05) is 0 Å². The van der Waals surface area contributed by atoms with Gasteiger partial charge in [-0.3, -0.25) is 9.63 Å². The summed E-state index contributed by atoms with van der Waals surface area (Å²) in [5, 5.41) is 0.0614. The van der Waals surface area contributed by atoms with Crippen LogP contribution in [0.4, 0.5) is 0 Å². The van der Waals surface area contributed by atoms with Gasteiger partial charge in [0.1, 0.15) is 0 Å². The second-order valence-electron chi connectivity index (χ2n) is 4.26. The highest BCUT2D eigenvalue weighted by molar-refractivity contribution is 6.41. The summed E-state index contributed by atoms with van der Waals surface area (Å²) in [7, 11) is 1.23. The van der Waals surface area contributed by atoms with Gasteiger partial charge in [0.25, 0.3) is 5.91 Å². The first kappa shape index (κ1) is 17.8. The zero-order valence-electron chi connectivity index (χ0n) is 11.9. The van der Waals surface area contributed by atoms with Crippen LogP contribution < -0.4 is 5.48 Å². The maximum Gasteiger partial charge on any atom is 0.339 e. The molecule has 0 spiro atoms. The smallest absolute Gasteiger partial charge is 0.339 e. The summed E-state index contributed by atoms with van der Waals surface area (Å²) >= 11 is 12.0. The van der Waals surface area contributed by atoms with E-state index in [2.05, 4.69) is 17.1 Å². The van der Waals surface area contributed by atoms with Crippen LogP contribution in [0.15, 0.2) is 12.1 Å². The summed E-state index contributed by atoms with van der Waals surface area (Å²) in [5.74, 6) is -1.25. The summed E-state index contributed by atoms with van der Waals surface area (Å²) in [6.07, 6.45) is 2.89. The lowest BCUT2D eigenvalue weighted by Crippen LogP contribution is -2.25. The number of esters is 1. The first-order chi connectivity index (χ1) is 10.0. The molecule has 0 fully saturated rings. The Labute approximate surface area is 133 Å². The summed E-state index contributed by atoms with van der Waals surface area (Å²) in [5.41, 5.74) is 2.32. The molecule has 0 bridgehead atoms. The largest absolute Gasteiger partial charge is 0.465 e. The van der Waals surface area contributed by atoms with E-state index in [0.29, 0.717) is 6.61 Å². The van der Waals surface area contributed by atoms with Crippen molar-refractivity contribution >= 4 is 35.1 Å². The highest BCUT2D eigenvalue weighted by Gasteiger charge is 2.21. The molecule has 0 atom stereocenters. The zero-order chi connectivity index (χ0) is 15.8. The van der Waals surface area contributed by atoms with Crippen molar-refractivity contribution in [3.05, 3.63) is 33.3 Å². The maximum atomic E-state index is 12.0. The Morgan fingerprint density at radius 2 is 1.95 bits per heavy atom. The van der Waals surface area contributed by atoms with Gasteiger partial charge in [0.15, 0.2) is 0 Å². The number of nitrogens with one attached hydrogen (secondary N) is 1. The fourth-order valence-corrected chi connectivity index (χ4v) is 2.24. The van der Waals surface area contributed by atoms with E-state index in [-0.39, 0.29) is 21.2 Å². The highest BCUT2D eigenvalue weighted by atomic mass is 35.5. The predicted molar refractivity (Wildman–Crippen MR) is 80.7 cm³/mol. The van der Waals surface area contributed by atoms with E-state index in [1.165, 1.54) is 19.2 Å². The third-order valence-electron chi connectivity index (χ3n) is 2.74. The van der Waals surface area contributed by atoms with Gasteiger partial charge in [-0.1, -0.05) is 43.0 Å². The van der Waals surface area contributed by atoms with Crippen LogP contribution in [0.3, 0.4) is 0 Å². The predicted octanol–water partition coefficient (Wildman–Crippen LogP) is 3.63. The number of rotatable bonds is 7. The molecular formula is C14H17Cl2NO4. The first-order valence-electron chi connectivity index (χ1n) is 6.51. The number of ether oxygens (including phenoxy) is 1. The molecule has 7 heteroatoms. The van der Waals surface area contributed by atoms with Gasteiger partial charge in [-0.15, -0.1) is 0 Å². The lowest BCUT2D eigenvalue weighted by molar-refractivity contribution is 0.0299. The molecule has 1 N–H and O–H groups in total. The Morgan fingerprint density at radius 1 is 1.24 bits per heavy atom. The molecule has 0 aliphatic rings. The molecule has 21 heavy (non-hydrogen) atoms. The van der Waals surface area contributed by atoms with Crippen molar-refractivity contribution in [2.75, 3.05) is 13.7 Å². The van der Waals surface area contributed by atoms with Crippen LogP contribution in [-0.2, 0) is 9.57 Å². The average molecular weight is 334 g/mol. The standard InChI is InChI=1S/C14H17Cl2NO4/c1-3-4-5-8-21-17-13(18)11-10(15)7-6-9(12(11)16)14(19)20-2/h6-7H,3-5,8H2,1-2H3,(H,17,18). The van der Waals surface area contributed by atoms with E-state index in [0.717, 1.165) is 19.3 Å². The highest BCUT2D eigenvalue weighted by Crippen LogP contribution is 2.28. The molecule has 1 aromatic carbocycles. The number of hydroxylamine groups is 1. The molecule has 0 unspecified atom stereocenters. The minimum atomic E-state index is -0.644. The van der Waals surface area contributed by atoms with Crippen LogP contribution in [0.5, 0.6) is 0 Å². The molecule has 0 saturated carbocycles. The number of unbranched alkanes of at least 4 members (excludes halogenated alkanes) is 2. The average Bonchev–Trinajstić information content (AvgIpc) is 2.46. The summed E-state index contributed by atoms with van der Waals surface area (Å²) in [4.78, 5) is 28.6. The van der Waals surface area contributed by atoms with Gasteiger partial charge in [0, 0.05) is 0 Å². The summed E-state index contributed by atoms with van der Waals surface area (Å²) in [6, 6.07) is 2.81. The van der Waals surface area contributed by atoms with E-state index in [9.17, 15) is 9.59 Å². The monoisotopic (exact) mass is 333 g/mol. The number of halogens is 2. The molecule has 0 heterocycles.